The van der Waals surface area contributed by atoms with Crippen molar-refractivity contribution in [1.82, 2.24) is 0 Å². The average molecular weight is 304 g/mol. The lowest BCUT2D eigenvalue weighted by molar-refractivity contribution is -0.119. The fourth-order valence-corrected chi connectivity index (χ4v) is 3.96. The maximum Gasteiger partial charge on any atom is 0.228 e. The smallest absolute Gasteiger partial charge is 0.228 e. The molecule has 1 saturated carbocycles. The predicted octanol–water partition coefficient (Wildman–Crippen LogP) is 3.36. The van der Waals surface area contributed by atoms with Crippen LogP contribution in [0.1, 0.15) is 51.5 Å². The highest BCUT2D eigenvalue weighted by Gasteiger charge is 2.47. The largest absolute Gasteiger partial charge is 0.327 e. The van der Waals surface area contributed by atoms with Gasteiger partial charge in [-0.2, -0.15) is 0 Å². The Morgan fingerprint density at radius 3 is 2.68 bits per heavy atom. The van der Waals surface area contributed by atoms with Gasteiger partial charge in [-0.25, -0.2) is 4.39 Å². The molecule has 3 nitrogen and oxygen atoms in total. The summed E-state index contributed by atoms with van der Waals surface area (Å²) in [6.45, 7) is 4.66. The molecule has 0 bridgehead atoms. The Hall–Kier alpha value is -1.42. The normalized spacial score (nSPS) is 20.7. The van der Waals surface area contributed by atoms with Gasteiger partial charge in [0, 0.05) is 30.0 Å². The van der Waals surface area contributed by atoms with Gasteiger partial charge < -0.3 is 10.6 Å². The van der Waals surface area contributed by atoms with Crippen molar-refractivity contribution in [3.63, 3.8) is 0 Å². The minimum absolute atomic E-state index is 0.0248. The van der Waals surface area contributed by atoms with Crippen LogP contribution >= 0.6 is 0 Å². The van der Waals surface area contributed by atoms with Crippen LogP contribution in [0.4, 0.5) is 10.1 Å². The monoisotopic (exact) mass is 304 g/mol. The van der Waals surface area contributed by atoms with Crippen molar-refractivity contribution in [2.45, 2.75) is 57.4 Å². The van der Waals surface area contributed by atoms with E-state index in [0.29, 0.717) is 13.0 Å². The summed E-state index contributed by atoms with van der Waals surface area (Å²) in [5, 5.41) is 0. The molecule has 2 aliphatic rings. The van der Waals surface area contributed by atoms with Crippen molar-refractivity contribution in [2.24, 2.45) is 11.7 Å². The molecular formula is C18H25FN2O. The molecule has 1 aliphatic heterocycles. The summed E-state index contributed by atoms with van der Waals surface area (Å²) in [7, 11) is 0. The molecule has 3 rings (SSSR count). The first-order valence-corrected chi connectivity index (χ1v) is 8.29. The van der Waals surface area contributed by atoms with Crippen molar-refractivity contribution in [3.8, 4) is 0 Å². The molecule has 1 amide bonds. The SMILES string of the molecule is CC(C)C(N)CC(=O)N1CC2(CCCC2)c2c(F)cccc21. The molecule has 1 aromatic rings. The topological polar surface area (TPSA) is 46.3 Å². The minimum atomic E-state index is -0.168. The third-order valence-electron chi connectivity index (χ3n) is 5.40. The van der Waals surface area contributed by atoms with Crippen LogP contribution in [0.5, 0.6) is 0 Å². The summed E-state index contributed by atoms with van der Waals surface area (Å²) in [6, 6.07) is 4.95. The number of hydrogen-bond acceptors (Lipinski definition) is 2. The third-order valence-corrected chi connectivity index (χ3v) is 5.40. The molecule has 22 heavy (non-hydrogen) atoms. The number of carbonyl (C=O) groups excluding carboxylic acids is 1. The van der Waals surface area contributed by atoms with E-state index in [9.17, 15) is 9.18 Å². The fraction of sp³-hybridized carbons (Fsp3) is 0.611. The zero-order chi connectivity index (χ0) is 15.9. The summed E-state index contributed by atoms with van der Waals surface area (Å²) in [5.74, 6) is 0.124. The second kappa shape index (κ2) is 5.65. The van der Waals surface area contributed by atoms with Crippen molar-refractivity contribution in [1.29, 1.82) is 0 Å². The van der Waals surface area contributed by atoms with E-state index in [-0.39, 0.29) is 29.1 Å². The second-order valence-corrected chi connectivity index (χ2v) is 7.21. The molecule has 0 aromatic heterocycles. The van der Waals surface area contributed by atoms with Crippen LogP contribution in [0.3, 0.4) is 0 Å². The van der Waals surface area contributed by atoms with Gasteiger partial charge >= 0.3 is 0 Å². The lowest BCUT2D eigenvalue weighted by Gasteiger charge is -2.26. The lowest BCUT2D eigenvalue weighted by atomic mass is 9.80. The third kappa shape index (κ3) is 2.43. The number of amides is 1. The van der Waals surface area contributed by atoms with Gasteiger partial charge in [-0.3, -0.25) is 4.79 Å². The van der Waals surface area contributed by atoms with Crippen molar-refractivity contribution < 1.29 is 9.18 Å². The van der Waals surface area contributed by atoms with Crippen LogP contribution in [0, 0.1) is 11.7 Å². The van der Waals surface area contributed by atoms with E-state index in [0.717, 1.165) is 36.9 Å². The lowest BCUT2D eigenvalue weighted by Crippen LogP contribution is -2.40. The Morgan fingerprint density at radius 2 is 2.05 bits per heavy atom. The number of fused-ring (bicyclic) bond motifs is 2. The summed E-state index contributed by atoms with van der Waals surface area (Å²) in [4.78, 5) is 14.5. The number of benzene rings is 1. The Balaban J connectivity index is 1.92. The molecule has 1 spiro atoms. The number of rotatable bonds is 3. The van der Waals surface area contributed by atoms with E-state index < -0.39 is 0 Å². The average Bonchev–Trinajstić information content (AvgIpc) is 3.06. The minimum Gasteiger partial charge on any atom is -0.327 e. The van der Waals surface area contributed by atoms with Crippen LogP contribution in [-0.4, -0.2) is 18.5 Å². The van der Waals surface area contributed by atoms with Gasteiger partial charge in [0.15, 0.2) is 0 Å². The predicted molar refractivity (Wildman–Crippen MR) is 86.3 cm³/mol. The molecule has 1 unspecified atom stereocenters. The van der Waals surface area contributed by atoms with E-state index in [1.165, 1.54) is 6.07 Å². The maximum absolute atomic E-state index is 14.5. The van der Waals surface area contributed by atoms with Crippen molar-refractivity contribution in [3.05, 3.63) is 29.6 Å². The quantitative estimate of drug-likeness (QED) is 0.930. The second-order valence-electron chi connectivity index (χ2n) is 7.21. The number of halogens is 1. The molecular weight excluding hydrogens is 279 g/mol. The molecule has 120 valence electrons. The van der Waals surface area contributed by atoms with Crippen LogP contribution in [0.25, 0.3) is 0 Å². The van der Waals surface area contributed by atoms with Crippen molar-refractivity contribution in [2.75, 3.05) is 11.4 Å². The Morgan fingerprint density at radius 1 is 1.36 bits per heavy atom. The fourth-order valence-electron chi connectivity index (χ4n) is 3.96. The maximum atomic E-state index is 14.5. The molecule has 1 heterocycles. The van der Waals surface area contributed by atoms with Gasteiger partial charge in [0.2, 0.25) is 5.91 Å². The molecule has 1 aromatic carbocycles. The highest BCUT2D eigenvalue weighted by Crippen LogP contribution is 2.51. The first-order valence-electron chi connectivity index (χ1n) is 8.29. The van der Waals surface area contributed by atoms with E-state index in [1.807, 2.05) is 19.9 Å². The molecule has 2 N–H and O–H groups in total. The molecule has 0 radical (unpaired) electrons. The number of hydrogen-bond donors (Lipinski definition) is 1. The molecule has 1 aliphatic carbocycles. The van der Waals surface area contributed by atoms with Gasteiger partial charge in [-0.15, -0.1) is 0 Å². The molecule has 4 heteroatoms. The summed E-state index contributed by atoms with van der Waals surface area (Å²) in [5.41, 5.74) is 7.42. The Kier molecular flexibility index (Phi) is 3.98. The Labute approximate surface area is 131 Å². The van der Waals surface area contributed by atoms with Crippen LogP contribution < -0.4 is 10.6 Å². The van der Waals surface area contributed by atoms with E-state index >= 15 is 0 Å². The van der Waals surface area contributed by atoms with Crippen LogP contribution in [0.15, 0.2) is 18.2 Å². The van der Waals surface area contributed by atoms with Gasteiger partial charge in [-0.05, 0) is 30.9 Å². The van der Waals surface area contributed by atoms with E-state index in [4.69, 9.17) is 5.73 Å². The zero-order valence-corrected chi connectivity index (χ0v) is 13.4. The molecule has 0 saturated heterocycles. The van der Waals surface area contributed by atoms with Gasteiger partial charge in [0.25, 0.3) is 0 Å². The van der Waals surface area contributed by atoms with Gasteiger partial charge in [0.1, 0.15) is 5.82 Å². The van der Waals surface area contributed by atoms with Crippen molar-refractivity contribution >= 4 is 11.6 Å². The standard InChI is InChI=1S/C18H25FN2O/c1-12(2)14(20)10-16(22)21-11-18(8-3-4-9-18)17-13(19)6-5-7-15(17)21/h5-7,12,14H,3-4,8-11,20H2,1-2H3. The highest BCUT2D eigenvalue weighted by atomic mass is 19.1. The zero-order valence-electron chi connectivity index (χ0n) is 13.4. The number of nitrogens with zero attached hydrogens (tertiary/aromatic N) is 1. The molecule has 1 fully saturated rings. The number of anilines is 1. The van der Waals surface area contributed by atoms with Crippen LogP contribution in [0.2, 0.25) is 0 Å². The number of carbonyl (C=O) groups is 1. The summed E-state index contributed by atoms with van der Waals surface area (Å²) < 4.78 is 14.5. The van der Waals surface area contributed by atoms with Gasteiger partial charge in [0.05, 0.1) is 5.69 Å². The van der Waals surface area contributed by atoms with Crippen LogP contribution in [-0.2, 0) is 10.2 Å². The Bertz CT molecular complexity index is 578. The van der Waals surface area contributed by atoms with Gasteiger partial charge in [-0.1, -0.05) is 32.8 Å². The van der Waals surface area contributed by atoms with E-state index in [2.05, 4.69) is 0 Å². The number of nitrogens with two attached hydrogens (primary N) is 1. The van der Waals surface area contributed by atoms with E-state index in [1.54, 1.807) is 11.0 Å². The highest BCUT2D eigenvalue weighted by molar-refractivity contribution is 5.96. The molecule has 1 atom stereocenters. The summed E-state index contributed by atoms with van der Waals surface area (Å²) in [6.07, 6.45) is 4.49. The first-order chi connectivity index (χ1) is 10.4. The first kappa shape index (κ1) is 15.5. The summed E-state index contributed by atoms with van der Waals surface area (Å²) >= 11 is 0.